The van der Waals surface area contributed by atoms with E-state index in [-0.39, 0.29) is 0 Å². The highest BCUT2D eigenvalue weighted by atomic mass is 32.2. The van der Waals surface area contributed by atoms with E-state index < -0.39 is 0 Å². The number of benzene rings is 1. The number of aromatic nitrogens is 2. The zero-order chi connectivity index (χ0) is 9.26. The molecule has 0 saturated carbocycles. The van der Waals surface area contributed by atoms with Gasteiger partial charge in [-0.1, -0.05) is 30.5 Å². The molecule has 0 unspecified atom stereocenters. The lowest BCUT2D eigenvalue weighted by Crippen LogP contribution is -1.72. The lowest BCUT2D eigenvalue weighted by molar-refractivity contribution is 1.09. The summed E-state index contributed by atoms with van der Waals surface area (Å²) in [5, 5.41) is 0.955. The van der Waals surface area contributed by atoms with Crippen LogP contribution in [0.2, 0.25) is 0 Å². The highest BCUT2D eigenvalue weighted by molar-refractivity contribution is 7.98. The Kier molecular flexibility index (Phi) is 2.10. The molecule has 0 aliphatic rings. The van der Waals surface area contributed by atoms with Gasteiger partial charge in [0, 0.05) is 0 Å². The van der Waals surface area contributed by atoms with Gasteiger partial charge >= 0.3 is 0 Å². The molecule has 0 bridgehead atoms. The number of hydrogen-bond donors (Lipinski definition) is 1. The minimum Gasteiger partial charge on any atom is -0.333 e. The molecule has 1 aromatic heterocycles. The van der Waals surface area contributed by atoms with Gasteiger partial charge in [-0.2, -0.15) is 0 Å². The number of rotatable bonds is 2. The number of nitrogens with zero attached hydrogens (tertiary/aromatic N) is 1. The van der Waals surface area contributed by atoms with Crippen molar-refractivity contribution in [3.8, 4) is 0 Å². The van der Waals surface area contributed by atoms with Gasteiger partial charge in [-0.05, 0) is 24.0 Å². The lowest BCUT2D eigenvalue weighted by Gasteiger charge is -1.90. The maximum Gasteiger partial charge on any atom is 0.166 e. The van der Waals surface area contributed by atoms with Crippen LogP contribution in [0.25, 0.3) is 17.1 Å². The van der Waals surface area contributed by atoms with Crippen molar-refractivity contribution in [2.75, 3.05) is 6.26 Å². The second kappa shape index (κ2) is 3.26. The fourth-order valence-corrected chi connectivity index (χ4v) is 1.63. The Morgan fingerprint density at radius 2 is 2.38 bits per heavy atom. The molecule has 1 N–H and O–H groups in total. The van der Waals surface area contributed by atoms with Crippen molar-refractivity contribution in [1.82, 2.24) is 9.97 Å². The van der Waals surface area contributed by atoms with Crippen molar-refractivity contribution >= 4 is 28.9 Å². The zero-order valence-corrected chi connectivity index (χ0v) is 8.19. The first-order valence-electron chi connectivity index (χ1n) is 3.99. The van der Waals surface area contributed by atoms with E-state index in [1.165, 1.54) is 0 Å². The van der Waals surface area contributed by atoms with Crippen LogP contribution in [0.3, 0.4) is 0 Å². The van der Waals surface area contributed by atoms with Crippen molar-refractivity contribution in [1.29, 1.82) is 0 Å². The minimum absolute atomic E-state index is 0.955. The van der Waals surface area contributed by atoms with Gasteiger partial charge in [0.15, 0.2) is 5.16 Å². The molecule has 0 spiro atoms. The second-order valence-corrected chi connectivity index (χ2v) is 3.52. The first kappa shape index (κ1) is 8.38. The van der Waals surface area contributed by atoms with Crippen LogP contribution in [0, 0.1) is 0 Å². The van der Waals surface area contributed by atoms with E-state index in [0.29, 0.717) is 0 Å². The molecule has 2 rings (SSSR count). The van der Waals surface area contributed by atoms with E-state index in [9.17, 15) is 0 Å². The van der Waals surface area contributed by atoms with Crippen molar-refractivity contribution in [3.05, 3.63) is 30.3 Å². The van der Waals surface area contributed by atoms with Crippen molar-refractivity contribution < 1.29 is 0 Å². The smallest absolute Gasteiger partial charge is 0.166 e. The molecule has 3 heteroatoms. The molecule has 66 valence electrons. The molecule has 0 atom stereocenters. The summed E-state index contributed by atoms with van der Waals surface area (Å²) in [6.45, 7) is 3.73. The number of H-pyrrole nitrogens is 1. The molecule has 0 saturated heterocycles. The van der Waals surface area contributed by atoms with Gasteiger partial charge in [-0.3, -0.25) is 0 Å². The SMILES string of the molecule is C=Cc1ccc2nc(SC)[nH]c2c1. The molecule has 1 heterocycles. The zero-order valence-electron chi connectivity index (χ0n) is 7.37. The van der Waals surface area contributed by atoms with Crippen LogP contribution >= 0.6 is 11.8 Å². The number of imidazole rings is 1. The minimum atomic E-state index is 0.955. The summed E-state index contributed by atoms with van der Waals surface area (Å²) < 4.78 is 0. The maximum absolute atomic E-state index is 4.38. The topological polar surface area (TPSA) is 28.7 Å². The van der Waals surface area contributed by atoms with Crippen LogP contribution in [0.15, 0.2) is 29.9 Å². The van der Waals surface area contributed by atoms with Gasteiger partial charge in [-0.25, -0.2) is 4.98 Å². The predicted octanol–water partition coefficient (Wildman–Crippen LogP) is 2.93. The summed E-state index contributed by atoms with van der Waals surface area (Å²) in [6.07, 6.45) is 3.84. The van der Waals surface area contributed by atoms with Gasteiger partial charge in [0.1, 0.15) is 0 Å². The predicted molar refractivity (Wildman–Crippen MR) is 58.0 cm³/mol. The lowest BCUT2D eigenvalue weighted by atomic mass is 10.2. The Labute approximate surface area is 81.1 Å². The normalized spacial score (nSPS) is 10.5. The van der Waals surface area contributed by atoms with E-state index in [4.69, 9.17) is 0 Å². The summed E-state index contributed by atoms with van der Waals surface area (Å²) in [6, 6.07) is 6.07. The number of hydrogen-bond acceptors (Lipinski definition) is 2. The molecule has 0 aliphatic heterocycles. The van der Waals surface area contributed by atoms with Gasteiger partial charge in [0.05, 0.1) is 11.0 Å². The number of aromatic amines is 1. The second-order valence-electron chi connectivity index (χ2n) is 2.73. The standard InChI is InChI=1S/C10H10N2S/c1-3-7-4-5-8-9(6-7)12-10(11-8)13-2/h3-6H,1H2,2H3,(H,11,12). The fraction of sp³-hybridized carbons (Fsp3) is 0.100. The maximum atomic E-state index is 4.38. The molecular formula is C10H10N2S. The monoisotopic (exact) mass is 190 g/mol. The molecule has 13 heavy (non-hydrogen) atoms. The highest BCUT2D eigenvalue weighted by Gasteiger charge is 2.00. The first-order valence-corrected chi connectivity index (χ1v) is 5.22. The van der Waals surface area contributed by atoms with E-state index in [1.807, 2.05) is 24.5 Å². The van der Waals surface area contributed by atoms with E-state index in [1.54, 1.807) is 11.8 Å². The molecule has 0 fully saturated rings. The number of thioether (sulfide) groups is 1. The average Bonchev–Trinajstić information content (AvgIpc) is 2.58. The Balaban J connectivity index is 2.63. The number of nitrogens with one attached hydrogen (secondary N) is 1. The largest absolute Gasteiger partial charge is 0.333 e. The van der Waals surface area contributed by atoms with E-state index in [2.05, 4.69) is 22.6 Å². The van der Waals surface area contributed by atoms with Crippen LogP contribution in [-0.4, -0.2) is 16.2 Å². The van der Waals surface area contributed by atoms with Gasteiger partial charge in [0.25, 0.3) is 0 Å². The van der Waals surface area contributed by atoms with E-state index in [0.717, 1.165) is 21.8 Å². The summed E-state index contributed by atoms with van der Waals surface area (Å²) >= 11 is 1.62. The average molecular weight is 190 g/mol. The first-order chi connectivity index (χ1) is 6.33. The quantitative estimate of drug-likeness (QED) is 0.737. The summed E-state index contributed by atoms with van der Waals surface area (Å²) in [4.78, 5) is 7.60. The van der Waals surface area contributed by atoms with Crippen LogP contribution in [-0.2, 0) is 0 Å². The van der Waals surface area contributed by atoms with Crippen molar-refractivity contribution in [3.63, 3.8) is 0 Å². The van der Waals surface area contributed by atoms with Gasteiger partial charge < -0.3 is 4.98 Å². The molecule has 0 aliphatic carbocycles. The fourth-order valence-electron chi connectivity index (χ4n) is 1.23. The highest BCUT2D eigenvalue weighted by Crippen LogP contribution is 2.18. The van der Waals surface area contributed by atoms with Gasteiger partial charge in [-0.15, -0.1) is 0 Å². The Bertz CT molecular complexity index is 445. The van der Waals surface area contributed by atoms with E-state index >= 15 is 0 Å². The molecule has 0 amide bonds. The molecular weight excluding hydrogens is 180 g/mol. The number of fused-ring (bicyclic) bond motifs is 1. The summed E-state index contributed by atoms with van der Waals surface area (Å²) in [7, 11) is 0. The molecule has 2 aromatic rings. The summed E-state index contributed by atoms with van der Waals surface area (Å²) in [5.74, 6) is 0. The Morgan fingerprint density at radius 3 is 3.08 bits per heavy atom. The van der Waals surface area contributed by atoms with Crippen LogP contribution in [0.5, 0.6) is 0 Å². The Morgan fingerprint density at radius 1 is 1.54 bits per heavy atom. The third-order valence-electron chi connectivity index (χ3n) is 1.91. The van der Waals surface area contributed by atoms with Crippen LogP contribution < -0.4 is 0 Å². The van der Waals surface area contributed by atoms with Crippen molar-refractivity contribution in [2.45, 2.75) is 5.16 Å². The molecule has 1 aromatic carbocycles. The third kappa shape index (κ3) is 1.47. The third-order valence-corrected chi connectivity index (χ3v) is 2.49. The van der Waals surface area contributed by atoms with Crippen molar-refractivity contribution in [2.24, 2.45) is 0 Å². The Hall–Kier alpha value is -1.22. The molecule has 0 radical (unpaired) electrons. The van der Waals surface area contributed by atoms with Crippen LogP contribution in [0.4, 0.5) is 0 Å². The van der Waals surface area contributed by atoms with Crippen LogP contribution in [0.1, 0.15) is 5.56 Å². The van der Waals surface area contributed by atoms with Gasteiger partial charge in [0.2, 0.25) is 0 Å². The molecule has 2 nitrogen and oxygen atoms in total. The summed E-state index contributed by atoms with van der Waals surface area (Å²) in [5.41, 5.74) is 3.19.